The summed E-state index contributed by atoms with van der Waals surface area (Å²) in [7, 11) is 0. The number of anilines is 1. The van der Waals surface area contributed by atoms with E-state index < -0.39 is 0 Å². The topological polar surface area (TPSA) is 137 Å². The van der Waals surface area contributed by atoms with Crippen LogP contribution >= 0.6 is 23.4 Å². The highest BCUT2D eigenvalue weighted by Crippen LogP contribution is 2.29. The number of nitrogens with two attached hydrogens (primary N) is 1. The van der Waals surface area contributed by atoms with Gasteiger partial charge in [0.15, 0.2) is 11.0 Å². The van der Waals surface area contributed by atoms with Crippen LogP contribution in [0.5, 0.6) is 0 Å². The van der Waals surface area contributed by atoms with Crippen LogP contribution in [0.15, 0.2) is 69.6 Å². The van der Waals surface area contributed by atoms with Crippen molar-refractivity contribution in [2.24, 2.45) is 10.7 Å². The molecule has 1 saturated heterocycles. The first-order valence-corrected chi connectivity index (χ1v) is 12.4. The van der Waals surface area contributed by atoms with Crippen molar-refractivity contribution in [1.82, 2.24) is 14.9 Å². The van der Waals surface area contributed by atoms with E-state index >= 15 is 0 Å². The Balaban J connectivity index is 1.53. The number of amidine groups is 1. The lowest BCUT2D eigenvalue weighted by atomic mass is 10.2. The fourth-order valence-electron chi connectivity index (χ4n) is 3.32. The molecule has 36 heavy (non-hydrogen) atoms. The Morgan fingerprint density at radius 2 is 1.89 bits per heavy atom. The van der Waals surface area contributed by atoms with E-state index in [2.05, 4.69) is 20.3 Å². The second-order valence-corrected chi connectivity index (χ2v) is 9.61. The number of hydrogen-bond acceptors (Lipinski definition) is 7. The number of carbonyl (C=O) groups excluding carboxylic acids is 2. The standard InChI is InChI=1S/C25H24ClN7O2S/c1-15(27)13-21(28)31-22-14-20(24(35)33-11-4-12-33)30-25(32-22)36-17-9-7-16(8-10-17)29-23(34)18-5-2-3-6-19(18)26/h2-3,5-10,14,27H,4,11-13H2,1H3,(H,29,34)(H2,28,30,31,32). The third-order valence-electron chi connectivity index (χ3n) is 5.20. The molecule has 11 heteroatoms. The first kappa shape index (κ1) is 25.3. The van der Waals surface area contributed by atoms with Crippen molar-refractivity contribution >= 4 is 58.2 Å². The van der Waals surface area contributed by atoms with E-state index in [0.717, 1.165) is 11.3 Å². The van der Waals surface area contributed by atoms with Crippen LogP contribution in [0.1, 0.15) is 40.6 Å². The zero-order valence-corrected chi connectivity index (χ0v) is 21.1. The van der Waals surface area contributed by atoms with Crippen LogP contribution in [0.4, 0.5) is 11.5 Å². The Hall–Kier alpha value is -3.76. The molecule has 9 nitrogen and oxygen atoms in total. The Kier molecular flexibility index (Phi) is 7.97. The van der Waals surface area contributed by atoms with Crippen LogP contribution in [0.3, 0.4) is 0 Å². The van der Waals surface area contributed by atoms with Gasteiger partial charge < -0.3 is 21.4 Å². The summed E-state index contributed by atoms with van der Waals surface area (Å²) in [5.41, 5.74) is 7.56. The van der Waals surface area contributed by atoms with Gasteiger partial charge in [0.1, 0.15) is 11.5 Å². The van der Waals surface area contributed by atoms with Gasteiger partial charge in [-0.25, -0.2) is 15.0 Å². The van der Waals surface area contributed by atoms with Gasteiger partial charge in [0.05, 0.1) is 10.6 Å². The largest absolute Gasteiger partial charge is 0.387 e. The third-order valence-corrected chi connectivity index (χ3v) is 6.40. The van der Waals surface area contributed by atoms with Crippen molar-refractivity contribution in [3.05, 3.63) is 70.9 Å². The fraction of sp³-hybridized carbons (Fsp3) is 0.200. The van der Waals surface area contributed by atoms with Crippen molar-refractivity contribution in [2.75, 3.05) is 18.4 Å². The molecule has 0 unspecified atom stereocenters. The molecule has 4 rings (SSSR count). The van der Waals surface area contributed by atoms with Gasteiger partial charge in [-0.05, 0) is 61.5 Å². The molecular formula is C25H24ClN7O2S. The maximum atomic E-state index is 12.8. The summed E-state index contributed by atoms with van der Waals surface area (Å²) in [4.78, 5) is 41.0. The van der Waals surface area contributed by atoms with E-state index in [4.69, 9.17) is 22.7 Å². The van der Waals surface area contributed by atoms with Gasteiger partial charge in [-0.15, -0.1) is 0 Å². The maximum absolute atomic E-state index is 12.8. The van der Waals surface area contributed by atoms with Crippen LogP contribution in [0.25, 0.3) is 0 Å². The quantitative estimate of drug-likeness (QED) is 0.221. The predicted molar refractivity (Wildman–Crippen MR) is 142 cm³/mol. The van der Waals surface area contributed by atoms with Gasteiger partial charge in [-0.3, -0.25) is 9.59 Å². The molecule has 2 amide bonds. The van der Waals surface area contributed by atoms with E-state index in [1.807, 2.05) is 12.1 Å². The highest BCUT2D eigenvalue weighted by atomic mass is 35.5. The summed E-state index contributed by atoms with van der Waals surface area (Å²) in [6.45, 7) is 3.03. The minimum absolute atomic E-state index is 0.179. The summed E-state index contributed by atoms with van der Waals surface area (Å²) in [5.74, 6) is 0.0139. The molecule has 184 valence electrons. The Bertz CT molecular complexity index is 1340. The van der Waals surface area contributed by atoms with Crippen LogP contribution in [-0.2, 0) is 0 Å². The summed E-state index contributed by atoms with van der Waals surface area (Å²) in [6.07, 6.45) is 1.18. The highest BCUT2D eigenvalue weighted by molar-refractivity contribution is 7.99. The van der Waals surface area contributed by atoms with E-state index in [-0.39, 0.29) is 35.6 Å². The minimum atomic E-state index is -0.304. The molecule has 3 aromatic rings. The lowest BCUT2D eigenvalue weighted by Crippen LogP contribution is -2.42. The van der Waals surface area contributed by atoms with E-state index in [0.29, 0.717) is 40.2 Å². The van der Waals surface area contributed by atoms with Gasteiger partial charge >= 0.3 is 0 Å². The summed E-state index contributed by atoms with van der Waals surface area (Å²) < 4.78 is 0. The lowest BCUT2D eigenvalue weighted by molar-refractivity contribution is 0.0644. The minimum Gasteiger partial charge on any atom is -0.387 e. The monoisotopic (exact) mass is 521 g/mol. The maximum Gasteiger partial charge on any atom is 0.272 e. The fourth-order valence-corrected chi connectivity index (χ4v) is 4.31. The van der Waals surface area contributed by atoms with Crippen LogP contribution < -0.4 is 11.1 Å². The molecule has 0 bridgehead atoms. The first-order chi connectivity index (χ1) is 17.3. The van der Waals surface area contributed by atoms with Crippen LogP contribution in [-0.4, -0.2) is 51.3 Å². The van der Waals surface area contributed by atoms with Crippen molar-refractivity contribution in [3.63, 3.8) is 0 Å². The van der Waals surface area contributed by atoms with Crippen molar-refractivity contribution in [1.29, 1.82) is 5.41 Å². The number of likely N-dealkylation sites (tertiary alicyclic amines) is 1. The zero-order valence-electron chi connectivity index (χ0n) is 19.5. The van der Waals surface area contributed by atoms with Gasteiger partial charge in [0, 0.05) is 41.9 Å². The van der Waals surface area contributed by atoms with Gasteiger partial charge in [0.2, 0.25) is 0 Å². The highest BCUT2D eigenvalue weighted by Gasteiger charge is 2.24. The molecule has 0 saturated carbocycles. The zero-order chi connectivity index (χ0) is 25.7. The van der Waals surface area contributed by atoms with Gasteiger partial charge in [-0.1, -0.05) is 23.7 Å². The normalized spacial score (nSPS) is 13.2. The molecular weight excluding hydrogens is 498 g/mol. The average molecular weight is 522 g/mol. The Labute approximate surface area is 217 Å². The van der Waals surface area contributed by atoms with Crippen molar-refractivity contribution in [3.8, 4) is 0 Å². The number of benzene rings is 2. The third kappa shape index (κ3) is 6.46. The molecule has 0 atom stereocenters. The molecule has 1 aromatic heterocycles. The summed E-state index contributed by atoms with van der Waals surface area (Å²) >= 11 is 7.36. The number of hydrogen-bond donors (Lipinski definition) is 3. The summed E-state index contributed by atoms with van der Waals surface area (Å²) in [5, 5.41) is 11.1. The molecule has 2 aromatic carbocycles. The molecule has 4 N–H and O–H groups in total. The SMILES string of the molecule is CC(=N)CC(N)=Nc1cc(C(=O)N2CCC2)nc(Sc2ccc(NC(=O)c3ccccc3Cl)cc2)n1. The van der Waals surface area contributed by atoms with Crippen LogP contribution in [0, 0.1) is 5.41 Å². The molecule has 1 aliphatic rings. The van der Waals surface area contributed by atoms with E-state index in [1.165, 1.54) is 17.8 Å². The average Bonchev–Trinajstić information content (AvgIpc) is 2.78. The smallest absolute Gasteiger partial charge is 0.272 e. The number of amides is 2. The number of carbonyl (C=O) groups is 2. The van der Waals surface area contributed by atoms with Gasteiger partial charge in [-0.2, -0.15) is 0 Å². The molecule has 1 aliphatic heterocycles. The molecule has 0 radical (unpaired) electrons. The number of rotatable bonds is 8. The van der Waals surface area contributed by atoms with E-state index in [1.54, 1.807) is 48.2 Å². The van der Waals surface area contributed by atoms with Gasteiger partial charge in [0.25, 0.3) is 11.8 Å². The van der Waals surface area contributed by atoms with Crippen LogP contribution in [0.2, 0.25) is 5.02 Å². The molecule has 0 aliphatic carbocycles. The van der Waals surface area contributed by atoms with E-state index in [9.17, 15) is 9.59 Å². The Morgan fingerprint density at radius 1 is 1.17 bits per heavy atom. The lowest BCUT2D eigenvalue weighted by Gasteiger charge is -2.30. The number of halogens is 1. The first-order valence-electron chi connectivity index (χ1n) is 11.2. The second kappa shape index (κ2) is 11.3. The Morgan fingerprint density at radius 3 is 2.53 bits per heavy atom. The number of nitrogens with zero attached hydrogens (tertiary/aromatic N) is 4. The molecule has 2 heterocycles. The molecule has 1 fully saturated rings. The number of aliphatic imine (C=N–C) groups is 1. The predicted octanol–water partition coefficient (Wildman–Crippen LogP) is 4.80. The molecule has 0 spiro atoms. The van der Waals surface area contributed by atoms with Crippen molar-refractivity contribution in [2.45, 2.75) is 29.8 Å². The second-order valence-electron chi connectivity index (χ2n) is 8.16. The number of aromatic nitrogens is 2. The van der Waals surface area contributed by atoms with Crippen molar-refractivity contribution < 1.29 is 9.59 Å². The number of nitrogens with one attached hydrogen (secondary N) is 2. The summed E-state index contributed by atoms with van der Waals surface area (Å²) in [6, 6.07) is 15.5.